The highest BCUT2D eigenvalue weighted by molar-refractivity contribution is 5.10. The molecule has 0 amide bonds. The lowest BCUT2D eigenvalue weighted by Gasteiger charge is -2.33. The van der Waals surface area contributed by atoms with Gasteiger partial charge in [0.25, 0.3) is 0 Å². The standard InChI is InChI=1S/C8H13NO2/c1-9-5-2-4-3-6(9)8(11-4)7(5)10/h4-8,10H,2-3H2,1H3/t4?,5-,6+,7-,8-/m1/s1. The van der Waals surface area contributed by atoms with Gasteiger partial charge in [-0.2, -0.15) is 0 Å². The minimum Gasteiger partial charge on any atom is -0.389 e. The summed E-state index contributed by atoms with van der Waals surface area (Å²) in [5, 5.41) is 9.71. The molecule has 3 heteroatoms. The van der Waals surface area contributed by atoms with Crippen molar-refractivity contribution < 1.29 is 9.84 Å². The van der Waals surface area contributed by atoms with Crippen molar-refractivity contribution >= 4 is 0 Å². The van der Waals surface area contributed by atoms with E-state index < -0.39 is 0 Å². The van der Waals surface area contributed by atoms with Crippen molar-refractivity contribution in [2.45, 2.75) is 43.2 Å². The fourth-order valence-corrected chi connectivity index (χ4v) is 2.91. The summed E-state index contributed by atoms with van der Waals surface area (Å²) in [6, 6.07) is 0.895. The first-order valence-corrected chi connectivity index (χ1v) is 4.33. The van der Waals surface area contributed by atoms with Crippen molar-refractivity contribution in [2.75, 3.05) is 7.05 Å². The zero-order valence-electron chi connectivity index (χ0n) is 6.60. The second kappa shape index (κ2) is 1.79. The van der Waals surface area contributed by atoms with Gasteiger partial charge in [-0.05, 0) is 19.9 Å². The first kappa shape index (κ1) is 6.40. The van der Waals surface area contributed by atoms with Crippen LogP contribution in [0, 0.1) is 0 Å². The number of ether oxygens (including phenoxy) is 1. The lowest BCUT2D eigenvalue weighted by Crippen LogP contribution is -2.44. The van der Waals surface area contributed by atoms with Crippen LogP contribution in [0.2, 0.25) is 0 Å². The molecule has 3 nitrogen and oxygen atoms in total. The highest BCUT2D eigenvalue weighted by Gasteiger charge is 2.57. The summed E-state index contributed by atoms with van der Waals surface area (Å²) in [5.41, 5.74) is 0. The molecule has 4 aliphatic heterocycles. The van der Waals surface area contributed by atoms with Crippen LogP contribution < -0.4 is 0 Å². The molecule has 11 heavy (non-hydrogen) atoms. The third-order valence-electron chi connectivity index (χ3n) is 3.51. The third kappa shape index (κ3) is 0.604. The SMILES string of the molecule is CN1[C@@H]2CC3C[C@H]1[C@@H](O3)[C@@H]2O. The van der Waals surface area contributed by atoms with Crippen molar-refractivity contribution in [3.8, 4) is 0 Å². The van der Waals surface area contributed by atoms with Crippen LogP contribution in [-0.2, 0) is 4.74 Å². The number of hydrogen-bond donors (Lipinski definition) is 1. The summed E-state index contributed by atoms with van der Waals surface area (Å²) >= 11 is 0. The third-order valence-corrected chi connectivity index (χ3v) is 3.51. The Morgan fingerprint density at radius 3 is 2.73 bits per heavy atom. The number of aliphatic hydroxyl groups is 1. The van der Waals surface area contributed by atoms with E-state index in [2.05, 4.69) is 11.9 Å². The Hall–Kier alpha value is -0.120. The van der Waals surface area contributed by atoms with Crippen LogP contribution in [0.15, 0.2) is 0 Å². The van der Waals surface area contributed by atoms with Crippen LogP contribution in [0.4, 0.5) is 0 Å². The molecule has 5 atom stereocenters. The Kier molecular flexibility index (Phi) is 1.04. The highest BCUT2D eigenvalue weighted by atomic mass is 16.5. The lowest BCUT2D eigenvalue weighted by atomic mass is 10.0. The van der Waals surface area contributed by atoms with Crippen LogP contribution in [0.3, 0.4) is 0 Å². The summed E-state index contributed by atoms with van der Waals surface area (Å²) in [6.45, 7) is 0. The molecule has 0 radical (unpaired) electrons. The highest BCUT2D eigenvalue weighted by Crippen LogP contribution is 2.44. The molecule has 1 N–H and O–H groups in total. The Morgan fingerprint density at radius 2 is 2.09 bits per heavy atom. The van der Waals surface area contributed by atoms with Crippen LogP contribution in [-0.4, -0.2) is 47.4 Å². The fourth-order valence-electron chi connectivity index (χ4n) is 2.91. The molecule has 4 fully saturated rings. The molecular weight excluding hydrogens is 142 g/mol. The zero-order valence-corrected chi connectivity index (χ0v) is 6.60. The molecule has 0 aromatic carbocycles. The molecule has 0 aromatic heterocycles. The zero-order chi connectivity index (χ0) is 7.59. The molecule has 0 aliphatic carbocycles. The van der Waals surface area contributed by atoms with Gasteiger partial charge in [0.15, 0.2) is 0 Å². The van der Waals surface area contributed by atoms with E-state index in [-0.39, 0.29) is 12.2 Å². The monoisotopic (exact) mass is 155 g/mol. The van der Waals surface area contributed by atoms with Crippen molar-refractivity contribution in [1.82, 2.24) is 4.90 Å². The fraction of sp³-hybridized carbons (Fsp3) is 1.00. The minimum atomic E-state index is -0.219. The molecular formula is C8H13NO2. The number of aliphatic hydroxyl groups excluding tert-OH is 1. The molecule has 1 unspecified atom stereocenters. The average molecular weight is 155 g/mol. The second-order valence-corrected chi connectivity index (χ2v) is 3.98. The molecule has 62 valence electrons. The molecule has 4 heterocycles. The van der Waals surface area contributed by atoms with E-state index in [0.29, 0.717) is 18.2 Å². The molecule has 0 spiro atoms. The van der Waals surface area contributed by atoms with E-state index in [1.807, 2.05) is 0 Å². The maximum atomic E-state index is 9.71. The quantitative estimate of drug-likeness (QED) is 0.516. The van der Waals surface area contributed by atoms with Gasteiger partial charge in [0.1, 0.15) is 6.10 Å². The van der Waals surface area contributed by atoms with Crippen LogP contribution in [0.1, 0.15) is 12.8 Å². The normalized spacial score (nSPS) is 61.1. The van der Waals surface area contributed by atoms with Gasteiger partial charge in [-0.25, -0.2) is 0 Å². The predicted molar refractivity (Wildman–Crippen MR) is 39.2 cm³/mol. The van der Waals surface area contributed by atoms with Gasteiger partial charge in [-0.15, -0.1) is 0 Å². The molecule has 0 aromatic rings. The maximum absolute atomic E-state index is 9.71. The van der Waals surface area contributed by atoms with Crippen LogP contribution in [0.25, 0.3) is 0 Å². The van der Waals surface area contributed by atoms with Crippen molar-refractivity contribution in [2.24, 2.45) is 0 Å². The number of hydrogen-bond acceptors (Lipinski definition) is 3. The molecule has 4 aliphatic rings. The number of likely N-dealkylation sites (N-methyl/N-ethyl adjacent to an activating group) is 1. The van der Waals surface area contributed by atoms with Crippen molar-refractivity contribution in [3.05, 3.63) is 0 Å². The van der Waals surface area contributed by atoms with Gasteiger partial charge in [0.2, 0.25) is 0 Å². The first-order chi connectivity index (χ1) is 5.27. The molecule has 4 rings (SSSR count). The summed E-state index contributed by atoms with van der Waals surface area (Å²) in [6.07, 6.45) is 2.53. The largest absolute Gasteiger partial charge is 0.389 e. The Morgan fingerprint density at radius 1 is 1.36 bits per heavy atom. The summed E-state index contributed by atoms with van der Waals surface area (Å²) in [7, 11) is 2.10. The van der Waals surface area contributed by atoms with Gasteiger partial charge in [0, 0.05) is 12.1 Å². The summed E-state index contributed by atoms with van der Waals surface area (Å²) < 4.78 is 5.64. The van der Waals surface area contributed by atoms with E-state index in [4.69, 9.17) is 4.74 Å². The van der Waals surface area contributed by atoms with E-state index in [0.717, 1.165) is 12.8 Å². The van der Waals surface area contributed by atoms with Gasteiger partial charge in [-0.1, -0.05) is 0 Å². The molecule has 4 bridgehead atoms. The average Bonchev–Trinajstić information content (AvgIpc) is 2.39. The molecule has 4 saturated heterocycles. The van der Waals surface area contributed by atoms with E-state index >= 15 is 0 Å². The summed E-state index contributed by atoms with van der Waals surface area (Å²) in [4.78, 5) is 2.29. The van der Waals surface area contributed by atoms with Crippen LogP contribution in [0.5, 0.6) is 0 Å². The van der Waals surface area contributed by atoms with E-state index in [1.165, 1.54) is 0 Å². The van der Waals surface area contributed by atoms with E-state index in [9.17, 15) is 5.11 Å². The Bertz CT molecular complexity index is 175. The van der Waals surface area contributed by atoms with Gasteiger partial charge < -0.3 is 9.84 Å². The summed E-state index contributed by atoms with van der Waals surface area (Å²) in [5.74, 6) is 0. The second-order valence-electron chi connectivity index (χ2n) is 3.98. The number of piperidine rings is 1. The van der Waals surface area contributed by atoms with Crippen LogP contribution >= 0.6 is 0 Å². The minimum absolute atomic E-state index is 0.128. The Labute approximate surface area is 65.9 Å². The lowest BCUT2D eigenvalue weighted by molar-refractivity contribution is -0.0758. The van der Waals surface area contributed by atoms with E-state index in [1.54, 1.807) is 0 Å². The van der Waals surface area contributed by atoms with Crippen molar-refractivity contribution in [3.63, 3.8) is 0 Å². The first-order valence-electron chi connectivity index (χ1n) is 4.33. The number of nitrogens with zero attached hydrogens (tertiary/aromatic N) is 1. The maximum Gasteiger partial charge on any atom is 0.101 e. The van der Waals surface area contributed by atoms with Gasteiger partial charge in [-0.3, -0.25) is 4.90 Å². The molecule has 0 saturated carbocycles. The Balaban J connectivity index is 2.00. The number of rotatable bonds is 0. The van der Waals surface area contributed by atoms with Gasteiger partial charge >= 0.3 is 0 Å². The smallest absolute Gasteiger partial charge is 0.101 e. The van der Waals surface area contributed by atoms with Crippen molar-refractivity contribution in [1.29, 1.82) is 0 Å². The topological polar surface area (TPSA) is 32.7 Å². The predicted octanol–water partition coefficient (Wildman–Crippen LogP) is -0.409. The van der Waals surface area contributed by atoms with Gasteiger partial charge in [0.05, 0.1) is 12.2 Å².